The maximum absolute atomic E-state index is 10.7. The number of quaternary nitrogens is 1. The molecule has 0 aromatic rings. The lowest BCUT2D eigenvalue weighted by Crippen LogP contribution is -2.37. The summed E-state index contributed by atoms with van der Waals surface area (Å²) in [6.45, 7) is 7.14. The zero-order chi connectivity index (χ0) is 16.0. The molecule has 0 aliphatic carbocycles. The molecule has 0 aliphatic heterocycles. The monoisotopic (exact) mass is 306 g/mol. The van der Waals surface area contributed by atoms with Crippen molar-refractivity contribution in [3.63, 3.8) is 0 Å². The van der Waals surface area contributed by atoms with Gasteiger partial charge in [-0.25, -0.2) is 0 Å². The molecule has 6 nitrogen and oxygen atoms in total. The molecule has 0 spiro atoms. The second-order valence-electron chi connectivity index (χ2n) is 5.92. The fourth-order valence-electron chi connectivity index (χ4n) is 1.32. The van der Waals surface area contributed by atoms with Crippen molar-refractivity contribution in [1.29, 1.82) is 0 Å². The molecular formula is C15H32NO5+. The van der Waals surface area contributed by atoms with Crippen LogP contribution >= 0.6 is 0 Å². The van der Waals surface area contributed by atoms with E-state index in [1.165, 1.54) is 0 Å². The third-order valence-corrected chi connectivity index (χ3v) is 2.62. The van der Waals surface area contributed by atoms with Crippen LogP contribution in [0.25, 0.3) is 0 Å². The minimum atomic E-state index is 0.146. The Morgan fingerprint density at radius 1 is 0.714 bits per heavy atom. The lowest BCUT2D eigenvalue weighted by Gasteiger charge is -2.23. The normalized spacial score (nSPS) is 11.8. The summed E-state index contributed by atoms with van der Waals surface area (Å²) in [7, 11) is 6.42. The molecule has 0 atom stereocenters. The van der Waals surface area contributed by atoms with E-state index in [-0.39, 0.29) is 5.78 Å². The van der Waals surface area contributed by atoms with Crippen molar-refractivity contribution >= 4 is 5.78 Å². The zero-order valence-corrected chi connectivity index (χ0v) is 14.1. The Morgan fingerprint density at radius 2 is 1.10 bits per heavy atom. The zero-order valence-electron chi connectivity index (χ0n) is 14.1. The number of ether oxygens (including phenoxy) is 4. The van der Waals surface area contributed by atoms with Gasteiger partial charge in [0.1, 0.15) is 12.3 Å². The van der Waals surface area contributed by atoms with Gasteiger partial charge in [0.25, 0.3) is 0 Å². The van der Waals surface area contributed by atoms with Crippen molar-refractivity contribution in [3.05, 3.63) is 0 Å². The number of nitrogens with zero attached hydrogens (tertiary/aromatic N) is 1. The average Bonchev–Trinajstić information content (AvgIpc) is 2.37. The Bertz CT molecular complexity index is 253. The number of Topliss-reactive ketones (excluding diaryl/α,β-unsaturated/α-hetero) is 1. The number of hydrogen-bond acceptors (Lipinski definition) is 5. The first-order valence-electron chi connectivity index (χ1n) is 7.52. The topological polar surface area (TPSA) is 54.0 Å². The molecule has 0 aliphatic rings. The van der Waals surface area contributed by atoms with Crippen LogP contribution in [0.15, 0.2) is 0 Å². The van der Waals surface area contributed by atoms with Crippen LogP contribution in [-0.2, 0) is 23.7 Å². The number of likely N-dealkylation sites (N-methyl/N-ethyl adjacent to an activating group) is 1. The second kappa shape index (κ2) is 13.2. The van der Waals surface area contributed by atoms with Crippen molar-refractivity contribution < 1.29 is 28.2 Å². The summed E-state index contributed by atoms with van der Waals surface area (Å²) in [5, 5.41) is 0. The predicted molar refractivity (Wildman–Crippen MR) is 81.5 cm³/mol. The van der Waals surface area contributed by atoms with E-state index in [2.05, 4.69) is 21.1 Å². The summed E-state index contributed by atoms with van der Waals surface area (Å²) in [6.07, 6.45) is 0.469. The Labute approximate surface area is 128 Å². The average molecular weight is 306 g/mol. The van der Waals surface area contributed by atoms with Crippen LogP contribution in [0, 0.1) is 0 Å². The molecule has 0 bridgehead atoms. The number of hydrogen-bond donors (Lipinski definition) is 0. The van der Waals surface area contributed by atoms with Crippen molar-refractivity contribution in [2.75, 3.05) is 80.5 Å². The summed E-state index contributed by atoms with van der Waals surface area (Å²) in [5.74, 6) is 0.146. The molecule has 0 saturated carbocycles. The van der Waals surface area contributed by atoms with Gasteiger partial charge in [0.2, 0.25) is 0 Å². The Morgan fingerprint density at radius 3 is 1.48 bits per heavy atom. The van der Waals surface area contributed by atoms with Gasteiger partial charge in [-0.15, -0.1) is 0 Å². The van der Waals surface area contributed by atoms with E-state index in [0.29, 0.717) is 52.7 Å². The Balaban J connectivity index is 3.04. The van der Waals surface area contributed by atoms with E-state index < -0.39 is 0 Å². The standard InChI is InChI=1S/C15H32NO5/c1-15(17)5-7-18-9-11-20-13-14-21-12-10-19-8-6-16(2,3)4/h5-14H2,1-4H3/q+1. The van der Waals surface area contributed by atoms with Crippen LogP contribution < -0.4 is 0 Å². The van der Waals surface area contributed by atoms with Crippen LogP contribution in [0.3, 0.4) is 0 Å². The lowest BCUT2D eigenvalue weighted by atomic mass is 10.3. The van der Waals surface area contributed by atoms with Gasteiger partial charge < -0.3 is 23.4 Å². The molecule has 21 heavy (non-hydrogen) atoms. The molecule has 0 N–H and O–H groups in total. The van der Waals surface area contributed by atoms with Gasteiger partial charge >= 0.3 is 0 Å². The van der Waals surface area contributed by atoms with Crippen LogP contribution in [0.4, 0.5) is 0 Å². The lowest BCUT2D eigenvalue weighted by molar-refractivity contribution is -0.870. The predicted octanol–water partition coefficient (Wildman–Crippen LogP) is 0.738. The van der Waals surface area contributed by atoms with Gasteiger partial charge in [-0.05, 0) is 6.92 Å². The number of carbonyl (C=O) groups excluding carboxylic acids is 1. The van der Waals surface area contributed by atoms with E-state index in [1.54, 1.807) is 6.92 Å². The van der Waals surface area contributed by atoms with Crippen LogP contribution in [0.5, 0.6) is 0 Å². The van der Waals surface area contributed by atoms with Gasteiger partial charge in [-0.3, -0.25) is 4.79 Å². The third kappa shape index (κ3) is 19.5. The Kier molecular flexibility index (Phi) is 12.8. The summed E-state index contributed by atoms with van der Waals surface area (Å²) >= 11 is 0. The first-order valence-corrected chi connectivity index (χ1v) is 7.52. The van der Waals surface area contributed by atoms with Gasteiger partial charge in [0, 0.05) is 6.42 Å². The number of rotatable bonds is 15. The summed E-state index contributed by atoms with van der Waals surface area (Å²) in [4.78, 5) is 10.7. The van der Waals surface area contributed by atoms with Crippen LogP contribution in [0.1, 0.15) is 13.3 Å². The Hall–Kier alpha value is -0.530. The highest BCUT2D eigenvalue weighted by Crippen LogP contribution is 1.90. The maximum Gasteiger partial charge on any atom is 0.132 e. The SMILES string of the molecule is CC(=O)CCOCCOCCOCCOCC[N+](C)(C)C. The largest absolute Gasteiger partial charge is 0.379 e. The minimum absolute atomic E-state index is 0.146. The fraction of sp³-hybridized carbons (Fsp3) is 0.933. The summed E-state index contributed by atoms with van der Waals surface area (Å²) in [5.41, 5.74) is 0. The molecule has 0 unspecified atom stereocenters. The molecule has 0 fully saturated rings. The fourth-order valence-corrected chi connectivity index (χ4v) is 1.32. The maximum atomic E-state index is 10.7. The molecule has 0 aromatic heterocycles. The van der Waals surface area contributed by atoms with Crippen LogP contribution in [0.2, 0.25) is 0 Å². The van der Waals surface area contributed by atoms with Crippen molar-refractivity contribution in [2.45, 2.75) is 13.3 Å². The minimum Gasteiger partial charge on any atom is -0.379 e. The summed E-state index contributed by atoms with van der Waals surface area (Å²) in [6, 6.07) is 0. The van der Waals surface area contributed by atoms with Crippen molar-refractivity contribution in [1.82, 2.24) is 0 Å². The van der Waals surface area contributed by atoms with E-state index in [0.717, 1.165) is 17.6 Å². The smallest absolute Gasteiger partial charge is 0.132 e. The first-order chi connectivity index (χ1) is 9.92. The van der Waals surface area contributed by atoms with E-state index in [1.807, 2.05) is 0 Å². The molecule has 0 radical (unpaired) electrons. The van der Waals surface area contributed by atoms with E-state index in [9.17, 15) is 4.79 Å². The molecule has 126 valence electrons. The van der Waals surface area contributed by atoms with Gasteiger partial charge in [-0.2, -0.15) is 0 Å². The molecule has 6 heteroatoms. The molecule has 0 rings (SSSR count). The van der Waals surface area contributed by atoms with Gasteiger partial charge in [-0.1, -0.05) is 0 Å². The quantitative estimate of drug-likeness (QED) is 0.330. The first kappa shape index (κ1) is 20.5. The van der Waals surface area contributed by atoms with Gasteiger partial charge in [0.05, 0.1) is 74.0 Å². The van der Waals surface area contributed by atoms with Gasteiger partial charge in [0.15, 0.2) is 0 Å². The molecule has 0 heterocycles. The summed E-state index contributed by atoms with van der Waals surface area (Å²) < 4.78 is 22.3. The second-order valence-corrected chi connectivity index (χ2v) is 5.92. The number of ketones is 1. The van der Waals surface area contributed by atoms with E-state index in [4.69, 9.17) is 18.9 Å². The number of carbonyl (C=O) groups is 1. The highest BCUT2D eigenvalue weighted by Gasteiger charge is 2.05. The molecule has 0 amide bonds. The molecule has 0 aromatic carbocycles. The molecule has 0 saturated heterocycles. The van der Waals surface area contributed by atoms with Crippen molar-refractivity contribution in [3.8, 4) is 0 Å². The molecular weight excluding hydrogens is 274 g/mol. The van der Waals surface area contributed by atoms with E-state index >= 15 is 0 Å². The highest BCUT2D eigenvalue weighted by molar-refractivity contribution is 5.75. The highest BCUT2D eigenvalue weighted by atomic mass is 16.6. The van der Waals surface area contributed by atoms with Crippen LogP contribution in [-0.4, -0.2) is 90.8 Å². The van der Waals surface area contributed by atoms with Crippen molar-refractivity contribution in [2.24, 2.45) is 0 Å². The third-order valence-electron chi connectivity index (χ3n) is 2.62.